The van der Waals surface area contributed by atoms with Crippen LogP contribution in [0.4, 0.5) is 17.1 Å². The molecule has 0 fully saturated rings. The molecule has 3 aromatic carbocycles. The van der Waals surface area contributed by atoms with E-state index in [4.69, 9.17) is 25.4 Å². The molecule has 0 spiro atoms. The Morgan fingerprint density at radius 1 is 0.562 bits per heavy atom. The highest BCUT2D eigenvalue weighted by Crippen LogP contribution is 2.54. The van der Waals surface area contributed by atoms with E-state index in [0.29, 0.717) is 0 Å². The van der Waals surface area contributed by atoms with Gasteiger partial charge in [0.05, 0.1) is 0 Å². The normalized spacial score (nSPS) is 11.5. The SMILES string of the molecule is O=C=Nc1ccccc1OP(=S)(Oc1ccccc1N=C=O)Oc1ccccc1N=C=O. The highest BCUT2D eigenvalue weighted by atomic mass is 32.5. The molecule has 32 heavy (non-hydrogen) atoms. The van der Waals surface area contributed by atoms with E-state index < -0.39 is 6.72 Å². The third kappa shape index (κ3) is 5.72. The molecule has 3 aromatic rings. The molecule has 0 N–H and O–H groups in total. The van der Waals surface area contributed by atoms with Crippen molar-refractivity contribution in [1.29, 1.82) is 0 Å². The molecule has 0 aliphatic rings. The van der Waals surface area contributed by atoms with Crippen molar-refractivity contribution in [1.82, 2.24) is 0 Å². The van der Waals surface area contributed by atoms with E-state index in [0.717, 1.165) is 0 Å². The number of hydrogen-bond acceptors (Lipinski definition) is 10. The molecular weight excluding hydrogens is 453 g/mol. The van der Waals surface area contributed by atoms with Crippen LogP contribution in [0, 0.1) is 0 Å². The Bertz CT molecular complexity index is 1170. The van der Waals surface area contributed by atoms with Crippen molar-refractivity contribution in [2.45, 2.75) is 0 Å². The lowest BCUT2D eigenvalue weighted by Gasteiger charge is -2.24. The van der Waals surface area contributed by atoms with Gasteiger partial charge in [-0.05, 0) is 36.4 Å². The fraction of sp³-hybridized carbons (Fsp3) is 0. The minimum Gasteiger partial charge on any atom is -0.405 e. The van der Waals surface area contributed by atoms with Gasteiger partial charge in [0.1, 0.15) is 17.1 Å². The molecule has 3 rings (SSSR count). The highest BCUT2D eigenvalue weighted by molar-refractivity contribution is 8.08. The van der Waals surface area contributed by atoms with Crippen molar-refractivity contribution in [3.05, 3.63) is 72.8 Å². The van der Waals surface area contributed by atoms with E-state index in [-0.39, 0.29) is 34.3 Å². The molecule has 0 saturated carbocycles. The number of nitrogens with zero attached hydrogens (tertiary/aromatic N) is 3. The summed E-state index contributed by atoms with van der Waals surface area (Å²) in [6, 6.07) is 18.9. The number of aliphatic imine (C=N–C) groups is 3. The Hall–Kier alpha value is -4.15. The van der Waals surface area contributed by atoms with Gasteiger partial charge in [-0.25, -0.2) is 14.4 Å². The largest absolute Gasteiger partial charge is 0.490 e. The van der Waals surface area contributed by atoms with Gasteiger partial charge in [-0.15, -0.1) is 0 Å². The molecule has 0 aliphatic heterocycles. The van der Waals surface area contributed by atoms with Crippen LogP contribution in [-0.4, -0.2) is 18.2 Å². The number of hydrogen-bond donors (Lipinski definition) is 0. The zero-order valence-corrected chi connectivity index (χ0v) is 17.8. The molecule has 9 nitrogen and oxygen atoms in total. The first kappa shape index (κ1) is 22.5. The van der Waals surface area contributed by atoms with Crippen LogP contribution in [0.1, 0.15) is 0 Å². The number of carbonyl (C=O) groups excluding carboxylic acids is 3. The summed E-state index contributed by atoms with van der Waals surface area (Å²) in [6.45, 7) is -3.77. The minimum atomic E-state index is -3.77. The van der Waals surface area contributed by atoms with Gasteiger partial charge in [0.2, 0.25) is 18.2 Å². The van der Waals surface area contributed by atoms with E-state index in [1.807, 2.05) is 0 Å². The van der Waals surface area contributed by atoms with Gasteiger partial charge >= 0.3 is 6.72 Å². The second-order valence-electron chi connectivity index (χ2n) is 5.73. The van der Waals surface area contributed by atoms with Gasteiger partial charge in [-0.1, -0.05) is 36.4 Å². The van der Waals surface area contributed by atoms with Gasteiger partial charge in [-0.2, -0.15) is 15.0 Å². The lowest BCUT2D eigenvalue weighted by molar-refractivity contribution is 0.385. The van der Waals surface area contributed by atoms with E-state index in [1.54, 1.807) is 36.4 Å². The summed E-state index contributed by atoms with van der Waals surface area (Å²) in [4.78, 5) is 43.1. The summed E-state index contributed by atoms with van der Waals surface area (Å²) < 4.78 is 17.7. The van der Waals surface area contributed by atoms with Gasteiger partial charge in [0.25, 0.3) is 0 Å². The van der Waals surface area contributed by atoms with Crippen molar-refractivity contribution < 1.29 is 28.0 Å². The summed E-state index contributed by atoms with van der Waals surface area (Å²) in [6.07, 6.45) is 4.31. The summed E-state index contributed by atoms with van der Waals surface area (Å²) in [5.74, 6) is 0.269. The average Bonchev–Trinajstić information content (AvgIpc) is 2.78. The summed E-state index contributed by atoms with van der Waals surface area (Å²) in [5.41, 5.74) is 0.423. The quantitative estimate of drug-likeness (QED) is 0.238. The van der Waals surface area contributed by atoms with Crippen molar-refractivity contribution in [3.63, 3.8) is 0 Å². The Balaban J connectivity index is 2.09. The molecule has 0 amide bonds. The van der Waals surface area contributed by atoms with Crippen LogP contribution < -0.4 is 13.6 Å². The van der Waals surface area contributed by atoms with E-state index >= 15 is 0 Å². The first-order valence-corrected chi connectivity index (χ1v) is 11.3. The van der Waals surface area contributed by atoms with E-state index in [9.17, 15) is 14.4 Å². The van der Waals surface area contributed by atoms with Crippen LogP contribution in [0.2, 0.25) is 0 Å². The van der Waals surface area contributed by atoms with Gasteiger partial charge in [0.15, 0.2) is 17.2 Å². The zero-order valence-electron chi connectivity index (χ0n) is 16.1. The minimum absolute atomic E-state index is 0.0897. The van der Waals surface area contributed by atoms with Crippen molar-refractivity contribution >= 4 is 53.8 Å². The summed E-state index contributed by atoms with van der Waals surface area (Å²) >= 11 is 5.60. The average molecular weight is 465 g/mol. The maximum Gasteiger partial charge on any atom is 0.490 e. The molecule has 0 unspecified atom stereocenters. The molecule has 158 valence electrons. The maximum atomic E-state index is 10.8. The van der Waals surface area contributed by atoms with Crippen molar-refractivity contribution in [2.75, 3.05) is 0 Å². The number of benzene rings is 3. The van der Waals surface area contributed by atoms with E-state index in [1.165, 1.54) is 54.6 Å². The van der Waals surface area contributed by atoms with Crippen LogP contribution >= 0.6 is 6.72 Å². The first-order chi connectivity index (χ1) is 15.6. The van der Waals surface area contributed by atoms with Crippen LogP contribution in [-0.2, 0) is 26.2 Å². The Morgan fingerprint density at radius 2 is 0.844 bits per heavy atom. The standard InChI is InChI=1S/C21H12N3O6PS/c25-13-22-16-7-1-4-10-19(16)28-31(32,29-20-11-5-2-8-17(20)23-14-26)30-21-12-6-3-9-18(21)24-15-27/h1-12H. The predicted molar refractivity (Wildman–Crippen MR) is 119 cm³/mol. The molecule has 0 atom stereocenters. The topological polar surface area (TPSA) is 116 Å². The summed E-state index contributed by atoms with van der Waals surface area (Å²) in [5, 5.41) is 0. The molecule has 0 radical (unpaired) electrons. The van der Waals surface area contributed by atoms with Crippen LogP contribution in [0.25, 0.3) is 0 Å². The lowest BCUT2D eigenvalue weighted by Crippen LogP contribution is -2.07. The first-order valence-electron chi connectivity index (χ1n) is 8.78. The molecule has 11 heteroatoms. The van der Waals surface area contributed by atoms with Crippen molar-refractivity contribution in [3.8, 4) is 17.2 Å². The smallest absolute Gasteiger partial charge is 0.405 e. The number of para-hydroxylation sites is 6. The van der Waals surface area contributed by atoms with Gasteiger partial charge in [0, 0.05) is 11.8 Å². The highest BCUT2D eigenvalue weighted by Gasteiger charge is 2.30. The molecule has 0 aliphatic carbocycles. The molecule has 0 saturated heterocycles. The number of rotatable bonds is 9. The summed E-state index contributed by atoms with van der Waals surface area (Å²) in [7, 11) is 0. The second kappa shape index (κ2) is 10.8. The monoisotopic (exact) mass is 465 g/mol. The Labute approximate surface area is 187 Å². The van der Waals surface area contributed by atoms with Crippen molar-refractivity contribution in [2.24, 2.45) is 15.0 Å². The maximum absolute atomic E-state index is 10.8. The van der Waals surface area contributed by atoms with Crippen LogP contribution in [0.3, 0.4) is 0 Å². The molecule has 0 aromatic heterocycles. The fourth-order valence-corrected chi connectivity index (χ4v) is 4.47. The predicted octanol–water partition coefficient (Wildman–Crippen LogP) is 5.35. The zero-order chi connectivity index (χ0) is 22.8. The molecular formula is C21H12N3O6PS. The second-order valence-corrected chi connectivity index (χ2v) is 8.52. The Kier molecular flexibility index (Phi) is 7.57. The van der Waals surface area contributed by atoms with Gasteiger partial charge < -0.3 is 13.6 Å². The number of isocyanates is 3. The fourth-order valence-electron chi connectivity index (χ4n) is 2.44. The third-order valence-electron chi connectivity index (χ3n) is 3.72. The molecule has 0 bridgehead atoms. The van der Waals surface area contributed by atoms with Crippen LogP contribution in [0.5, 0.6) is 17.2 Å². The Morgan fingerprint density at radius 3 is 1.12 bits per heavy atom. The van der Waals surface area contributed by atoms with Crippen LogP contribution in [0.15, 0.2) is 87.8 Å². The molecule has 0 heterocycles. The van der Waals surface area contributed by atoms with Gasteiger partial charge in [-0.3, -0.25) is 0 Å². The lowest BCUT2D eigenvalue weighted by atomic mass is 10.3. The third-order valence-corrected chi connectivity index (χ3v) is 5.66. The van der Waals surface area contributed by atoms with E-state index in [2.05, 4.69) is 15.0 Å².